The predicted octanol–water partition coefficient (Wildman–Crippen LogP) is 1.60. The third-order valence-electron chi connectivity index (χ3n) is 2.82. The fraction of sp³-hybridized carbons (Fsp3) is 0.462. The molecule has 0 spiro atoms. The van der Waals surface area contributed by atoms with Gasteiger partial charge in [-0.1, -0.05) is 12.1 Å². The highest BCUT2D eigenvalue weighted by molar-refractivity contribution is 5.74. The predicted molar refractivity (Wildman–Crippen MR) is 71.0 cm³/mol. The lowest BCUT2D eigenvalue weighted by Crippen LogP contribution is -2.22. The molecule has 0 aliphatic heterocycles. The Labute approximate surface area is 102 Å². The minimum absolute atomic E-state index is 0.873. The van der Waals surface area contributed by atoms with Crippen LogP contribution in [0.4, 0.5) is 0 Å². The maximum absolute atomic E-state index is 4.57. The Balaban J connectivity index is 1.93. The number of aromatic amines is 1. The van der Waals surface area contributed by atoms with E-state index in [1.165, 1.54) is 0 Å². The van der Waals surface area contributed by atoms with Crippen LogP contribution in [0, 0.1) is 0 Å². The quantitative estimate of drug-likeness (QED) is 0.744. The molecule has 0 aliphatic rings. The number of aromatic nitrogens is 2. The molecule has 0 amide bonds. The Morgan fingerprint density at radius 1 is 1.35 bits per heavy atom. The summed E-state index contributed by atoms with van der Waals surface area (Å²) in [4.78, 5) is 10.2. The lowest BCUT2D eigenvalue weighted by Gasteiger charge is -2.14. The van der Waals surface area contributed by atoms with Crippen molar-refractivity contribution in [2.24, 2.45) is 0 Å². The maximum Gasteiger partial charge on any atom is 0.121 e. The first kappa shape index (κ1) is 12.1. The number of para-hydroxylation sites is 2. The van der Waals surface area contributed by atoms with Gasteiger partial charge < -0.3 is 10.3 Å². The van der Waals surface area contributed by atoms with Gasteiger partial charge in [-0.15, -0.1) is 0 Å². The first-order chi connectivity index (χ1) is 8.29. The van der Waals surface area contributed by atoms with Crippen molar-refractivity contribution in [2.75, 3.05) is 27.2 Å². The third-order valence-corrected chi connectivity index (χ3v) is 2.82. The van der Waals surface area contributed by atoms with E-state index < -0.39 is 0 Å². The molecule has 0 atom stereocenters. The van der Waals surface area contributed by atoms with Gasteiger partial charge in [0.15, 0.2) is 0 Å². The number of hydrogen-bond donors (Lipinski definition) is 2. The van der Waals surface area contributed by atoms with Crippen molar-refractivity contribution in [1.82, 2.24) is 20.2 Å². The summed E-state index contributed by atoms with van der Waals surface area (Å²) in [6.45, 7) is 3.01. The van der Waals surface area contributed by atoms with E-state index in [-0.39, 0.29) is 0 Å². The summed E-state index contributed by atoms with van der Waals surface area (Å²) in [6, 6.07) is 8.15. The molecular weight excluding hydrogens is 212 g/mol. The molecular formula is C13H20N4. The second kappa shape index (κ2) is 5.80. The van der Waals surface area contributed by atoms with Crippen LogP contribution in [0.5, 0.6) is 0 Å². The molecule has 0 fully saturated rings. The van der Waals surface area contributed by atoms with Crippen LogP contribution in [0.3, 0.4) is 0 Å². The molecule has 0 aliphatic carbocycles. The fourth-order valence-corrected chi connectivity index (χ4v) is 1.94. The molecule has 2 rings (SSSR count). The second-order valence-corrected chi connectivity index (χ2v) is 4.40. The van der Waals surface area contributed by atoms with Gasteiger partial charge in [0.2, 0.25) is 0 Å². The summed E-state index contributed by atoms with van der Waals surface area (Å²) in [5.41, 5.74) is 2.16. The van der Waals surface area contributed by atoms with Crippen LogP contribution in [-0.2, 0) is 6.54 Å². The number of nitrogens with one attached hydrogen (secondary N) is 2. The molecule has 0 saturated heterocycles. The number of rotatable bonds is 6. The topological polar surface area (TPSA) is 44.0 Å². The molecule has 4 nitrogen and oxygen atoms in total. The first-order valence-electron chi connectivity index (χ1n) is 6.06. The Kier molecular flexibility index (Phi) is 4.12. The highest BCUT2D eigenvalue weighted by Gasteiger charge is 2.04. The average Bonchev–Trinajstić information content (AvgIpc) is 2.71. The molecule has 2 N–H and O–H groups in total. The van der Waals surface area contributed by atoms with Gasteiger partial charge in [-0.05, 0) is 45.7 Å². The van der Waals surface area contributed by atoms with E-state index in [4.69, 9.17) is 0 Å². The Hall–Kier alpha value is -1.39. The molecule has 1 aromatic carbocycles. The molecule has 17 heavy (non-hydrogen) atoms. The molecule has 0 unspecified atom stereocenters. The van der Waals surface area contributed by atoms with E-state index in [1.54, 1.807) is 0 Å². The zero-order chi connectivity index (χ0) is 12.1. The Morgan fingerprint density at radius 2 is 2.18 bits per heavy atom. The van der Waals surface area contributed by atoms with E-state index in [2.05, 4.69) is 33.3 Å². The summed E-state index contributed by atoms with van der Waals surface area (Å²) < 4.78 is 0. The summed E-state index contributed by atoms with van der Waals surface area (Å²) >= 11 is 0. The molecule has 0 radical (unpaired) electrons. The number of imidazole rings is 1. The first-order valence-corrected chi connectivity index (χ1v) is 6.06. The van der Waals surface area contributed by atoms with Crippen LogP contribution < -0.4 is 5.32 Å². The van der Waals surface area contributed by atoms with E-state index in [9.17, 15) is 0 Å². The molecule has 0 saturated carbocycles. The third kappa shape index (κ3) is 3.28. The van der Waals surface area contributed by atoms with E-state index in [0.29, 0.717) is 0 Å². The number of benzene rings is 1. The summed E-state index contributed by atoms with van der Waals surface area (Å²) in [6.07, 6.45) is 1.16. The van der Waals surface area contributed by atoms with Crippen LogP contribution in [0.1, 0.15) is 12.2 Å². The van der Waals surface area contributed by atoms with Crippen molar-refractivity contribution in [3.05, 3.63) is 30.1 Å². The zero-order valence-electron chi connectivity index (χ0n) is 10.5. The molecule has 0 bridgehead atoms. The van der Waals surface area contributed by atoms with E-state index in [0.717, 1.165) is 42.9 Å². The summed E-state index contributed by atoms with van der Waals surface area (Å²) in [7, 11) is 4.11. The second-order valence-electron chi connectivity index (χ2n) is 4.40. The Bertz CT molecular complexity index is 430. The van der Waals surface area contributed by atoms with Crippen molar-refractivity contribution in [3.8, 4) is 0 Å². The van der Waals surface area contributed by atoms with Crippen molar-refractivity contribution < 1.29 is 0 Å². The highest BCUT2D eigenvalue weighted by Crippen LogP contribution is 2.11. The lowest BCUT2D eigenvalue weighted by atomic mass is 10.3. The summed E-state index contributed by atoms with van der Waals surface area (Å²) in [5, 5.41) is 3.16. The molecule has 92 valence electrons. The van der Waals surface area contributed by atoms with Gasteiger partial charge in [-0.2, -0.15) is 0 Å². The van der Waals surface area contributed by atoms with Crippen LogP contribution in [0.2, 0.25) is 0 Å². The van der Waals surface area contributed by atoms with Gasteiger partial charge >= 0.3 is 0 Å². The highest BCUT2D eigenvalue weighted by atomic mass is 15.1. The average molecular weight is 232 g/mol. The van der Waals surface area contributed by atoms with E-state index in [1.807, 2.05) is 25.2 Å². The van der Waals surface area contributed by atoms with Gasteiger partial charge in [0.05, 0.1) is 17.6 Å². The smallest absolute Gasteiger partial charge is 0.121 e. The van der Waals surface area contributed by atoms with Gasteiger partial charge in [0.25, 0.3) is 0 Å². The normalized spacial score (nSPS) is 11.5. The Morgan fingerprint density at radius 3 is 2.94 bits per heavy atom. The minimum atomic E-state index is 0.873. The SMILES string of the molecule is CNCCCN(C)Cc1nc2ccccc2[nH]1. The van der Waals surface area contributed by atoms with Crippen molar-refractivity contribution in [3.63, 3.8) is 0 Å². The number of nitrogens with zero attached hydrogens (tertiary/aromatic N) is 2. The van der Waals surface area contributed by atoms with Gasteiger partial charge in [0, 0.05) is 0 Å². The maximum atomic E-state index is 4.57. The van der Waals surface area contributed by atoms with Crippen LogP contribution in [0.25, 0.3) is 11.0 Å². The number of fused-ring (bicyclic) bond motifs is 1. The number of hydrogen-bond acceptors (Lipinski definition) is 3. The van der Waals surface area contributed by atoms with Gasteiger partial charge in [-0.3, -0.25) is 4.90 Å². The van der Waals surface area contributed by atoms with Crippen LogP contribution in [-0.4, -0.2) is 42.1 Å². The van der Waals surface area contributed by atoms with Crippen molar-refractivity contribution in [1.29, 1.82) is 0 Å². The molecule has 1 aromatic heterocycles. The monoisotopic (exact) mass is 232 g/mol. The lowest BCUT2D eigenvalue weighted by molar-refractivity contribution is 0.314. The van der Waals surface area contributed by atoms with Crippen molar-refractivity contribution >= 4 is 11.0 Å². The van der Waals surface area contributed by atoms with Gasteiger partial charge in [-0.25, -0.2) is 4.98 Å². The summed E-state index contributed by atoms with van der Waals surface area (Å²) in [5.74, 6) is 1.04. The largest absolute Gasteiger partial charge is 0.341 e. The molecule has 4 heteroatoms. The minimum Gasteiger partial charge on any atom is -0.341 e. The van der Waals surface area contributed by atoms with E-state index >= 15 is 0 Å². The molecule has 1 heterocycles. The number of H-pyrrole nitrogens is 1. The fourth-order valence-electron chi connectivity index (χ4n) is 1.94. The standard InChI is InChI=1S/C13H20N4/c1-14-8-5-9-17(2)10-13-15-11-6-3-4-7-12(11)16-13/h3-4,6-7,14H,5,8-10H2,1-2H3,(H,15,16). The molecule has 2 aromatic rings. The van der Waals surface area contributed by atoms with Gasteiger partial charge in [0.1, 0.15) is 5.82 Å². The van der Waals surface area contributed by atoms with Crippen LogP contribution >= 0.6 is 0 Å². The van der Waals surface area contributed by atoms with Crippen LogP contribution in [0.15, 0.2) is 24.3 Å². The van der Waals surface area contributed by atoms with Crippen molar-refractivity contribution in [2.45, 2.75) is 13.0 Å². The zero-order valence-corrected chi connectivity index (χ0v) is 10.5.